The number of nitrogen functional groups attached to an aromatic ring is 1. The van der Waals surface area contributed by atoms with Crippen LogP contribution < -0.4 is 11.1 Å². The Morgan fingerprint density at radius 1 is 1.45 bits per heavy atom. The molecule has 0 atom stereocenters. The third kappa shape index (κ3) is 4.11. The van der Waals surface area contributed by atoms with Gasteiger partial charge in [-0.25, -0.2) is 4.79 Å². The summed E-state index contributed by atoms with van der Waals surface area (Å²) in [6, 6.07) is 0.164. The quantitative estimate of drug-likeness (QED) is 0.377. The second-order valence-corrected chi connectivity index (χ2v) is 7.33. The third-order valence-electron chi connectivity index (χ3n) is 2.72. The first-order chi connectivity index (χ1) is 9.48. The van der Waals surface area contributed by atoms with Gasteiger partial charge in [-0.2, -0.15) is 9.67 Å². The molecule has 0 spiro atoms. The fraction of sp³-hybridized carbons (Fsp3) is 0.667. The predicted octanol–water partition coefficient (Wildman–Crippen LogP) is 0.349. The molecule has 0 saturated carbocycles. The summed E-state index contributed by atoms with van der Waals surface area (Å²) in [4.78, 5) is 15.5. The molecule has 1 aromatic rings. The number of nitrogens with zero attached hydrogens (tertiary/aromatic N) is 2. The van der Waals surface area contributed by atoms with Crippen LogP contribution in [-0.2, 0) is 13.3 Å². The number of carbonyl (C=O) groups is 1. The second kappa shape index (κ2) is 7.49. The molecule has 0 bridgehead atoms. The number of aromatic nitrogens is 3. The molecule has 0 aromatic carbocycles. The maximum atomic E-state index is 11.8. The van der Waals surface area contributed by atoms with Crippen molar-refractivity contribution in [3.8, 4) is 0 Å². The van der Waals surface area contributed by atoms with E-state index >= 15 is 0 Å². The molecular weight excluding hydrogens is 302 g/mol. The SMILES string of the molecule is CO[Si](CCCNC(=O)n1[nH]c(=S)nc1N)(OC)OC. The molecule has 11 heteroatoms. The van der Waals surface area contributed by atoms with Crippen molar-refractivity contribution in [1.29, 1.82) is 0 Å². The Labute approximate surface area is 122 Å². The molecule has 0 radical (unpaired) electrons. The lowest BCUT2D eigenvalue weighted by Gasteiger charge is -2.24. The first-order valence-corrected chi connectivity index (χ1v) is 8.20. The normalized spacial score (nSPS) is 11.6. The van der Waals surface area contributed by atoms with E-state index in [1.54, 1.807) is 21.3 Å². The van der Waals surface area contributed by atoms with E-state index in [1.807, 2.05) is 0 Å². The van der Waals surface area contributed by atoms with E-state index in [-0.39, 0.29) is 10.7 Å². The monoisotopic (exact) mass is 321 g/mol. The van der Waals surface area contributed by atoms with Crippen LogP contribution in [0.2, 0.25) is 6.04 Å². The number of nitrogens with two attached hydrogens (primary N) is 1. The van der Waals surface area contributed by atoms with E-state index in [9.17, 15) is 4.79 Å². The maximum absolute atomic E-state index is 11.8. The predicted molar refractivity (Wildman–Crippen MR) is 76.8 cm³/mol. The Hall–Kier alpha value is -1.27. The molecule has 114 valence electrons. The van der Waals surface area contributed by atoms with Gasteiger partial charge in [-0.15, -0.1) is 0 Å². The van der Waals surface area contributed by atoms with Crippen LogP contribution >= 0.6 is 12.2 Å². The second-order valence-electron chi connectivity index (χ2n) is 3.85. The number of H-pyrrole nitrogens is 1. The lowest BCUT2D eigenvalue weighted by molar-refractivity contribution is 0.123. The standard InChI is InChI=1S/C9H19N5O4SSi/c1-16-20(17-2,18-3)6-4-5-11-9(15)14-7(10)12-8(19)13-14/h4-6H2,1-3H3,(H,11,15)(H3,10,12,13,19). The Morgan fingerprint density at radius 2 is 2.05 bits per heavy atom. The van der Waals surface area contributed by atoms with Gasteiger partial charge >= 0.3 is 14.8 Å². The molecule has 1 amide bonds. The van der Waals surface area contributed by atoms with E-state index in [2.05, 4.69) is 15.4 Å². The summed E-state index contributed by atoms with van der Waals surface area (Å²) in [5, 5.41) is 5.23. The van der Waals surface area contributed by atoms with E-state index in [0.717, 1.165) is 4.68 Å². The van der Waals surface area contributed by atoms with Crippen LogP contribution in [0.15, 0.2) is 0 Å². The molecule has 0 fully saturated rings. The summed E-state index contributed by atoms with van der Waals surface area (Å²) in [5.41, 5.74) is 5.52. The van der Waals surface area contributed by atoms with Crippen LogP contribution in [0.1, 0.15) is 6.42 Å². The molecule has 20 heavy (non-hydrogen) atoms. The average Bonchev–Trinajstić information content (AvgIpc) is 2.78. The first-order valence-electron chi connectivity index (χ1n) is 5.86. The van der Waals surface area contributed by atoms with Crippen molar-refractivity contribution < 1.29 is 18.1 Å². The Balaban J connectivity index is 2.43. The highest BCUT2D eigenvalue weighted by Gasteiger charge is 2.36. The Bertz CT molecular complexity index is 493. The van der Waals surface area contributed by atoms with Crippen LogP contribution in [0.3, 0.4) is 0 Å². The summed E-state index contributed by atoms with van der Waals surface area (Å²) in [6.07, 6.45) is 0.642. The maximum Gasteiger partial charge on any atom is 0.500 e. The fourth-order valence-electron chi connectivity index (χ4n) is 1.62. The van der Waals surface area contributed by atoms with E-state index in [4.69, 9.17) is 31.2 Å². The first kappa shape index (κ1) is 16.8. The van der Waals surface area contributed by atoms with Gasteiger partial charge in [0.2, 0.25) is 10.7 Å². The van der Waals surface area contributed by atoms with Gasteiger partial charge < -0.3 is 24.3 Å². The number of hydrogen-bond donors (Lipinski definition) is 3. The van der Waals surface area contributed by atoms with Gasteiger partial charge in [0.25, 0.3) is 0 Å². The molecule has 1 aromatic heterocycles. The summed E-state index contributed by atoms with van der Waals surface area (Å²) in [6.45, 7) is 0.419. The van der Waals surface area contributed by atoms with Crippen LogP contribution in [-0.4, -0.2) is 57.5 Å². The van der Waals surface area contributed by atoms with Crippen molar-refractivity contribution in [2.24, 2.45) is 0 Å². The third-order valence-corrected chi connectivity index (χ3v) is 5.74. The molecule has 0 aliphatic rings. The summed E-state index contributed by atoms with van der Waals surface area (Å²) in [5.74, 6) is 0.0156. The van der Waals surface area contributed by atoms with E-state index < -0.39 is 14.8 Å². The lowest BCUT2D eigenvalue weighted by Crippen LogP contribution is -2.43. The van der Waals surface area contributed by atoms with Gasteiger partial charge in [0.15, 0.2) is 0 Å². The number of nitrogens with one attached hydrogen (secondary N) is 2. The minimum Gasteiger partial charge on any atom is -0.377 e. The van der Waals surface area contributed by atoms with Gasteiger partial charge in [-0.3, -0.25) is 5.10 Å². The number of aromatic amines is 1. The van der Waals surface area contributed by atoms with Crippen LogP contribution in [0.25, 0.3) is 0 Å². The van der Waals surface area contributed by atoms with Crippen molar-refractivity contribution in [1.82, 2.24) is 20.1 Å². The van der Waals surface area contributed by atoms with E-state index in [0.29, 0.717) is 19.0 Å². The molecular formula is C9H19N5O4SSi. The van der Waals surface area contributed by atoms with Crippen molar-refractivity contribution in [3.63, 3.8) is 0 Å². The zero-order valence-corrected chi connectivity index (χ0v) is 13.5. The summed E-state index contributed by atoms with van der Waals surface area (Å²) < 4.78 is 17.0. The average molecular weight is 321 g/mol. The minimum atomic E-state index is -2.60. The van der Waals surface area contributed by atoms with E-state index in [1.165, 1.54) is 0 Å². The number of amides is 1. The minimum absolute atomic E-state index is 0.0156. The summed E-state index contributed by atoms with van der Waals surface area (Å²) >= 11 is 4.78. The highest BCUT2D eigenvalue weighted by Crippen LogP contribution is 2.14. The smallest absolute Gasteiger partial charge is 0.377 e. The molecule has 0 unspecified atom stereocenters. The highest BCUT2D eigenvalue weighted by atomic mass is 32.1. The van der Waals surface area contributed by atoms with Gasteiger partial charge in [-0.1, -0.05) is 0 Å². The Kier molecular flexibility index (Phi) is 6.29. The van der Waals surface area contributed by atoms with Gasteiger partial charge in [-0.05, 0) is 18.6 Å². The zero-order valence-electron chi connectivity index (χ0n) is 11.6. The lowest BCUT2D eigenvalue weighted by atomic mass is 10.5. The van der Waals surface area contributed by atoms with Gasteiger partial charge in [0.1, 0.15) is 0 Å². The summed E-state index contributed by atoms with van der Waals surface area (Å²) in [7, 11) is 2.04. The topological polar surface area (TPSA) is 116 Å². The van der Waals surface area contributed by atoms with Crippen LogP contribution in [0.4, 0.5) is 10.7 Å². The molecule has 0 saturated heterocycles. The number of carbonyl (C=O) groups excluding carboxylic acids is 1. The largest absolute Gasteiger partial charge is 0.500 e. The van der Waals surface area contributed by atoms with Crippen molar-refractivity contribution >= 4 is 33.0 Å². The zero-order chi connectivity index (χ0) is 15.2. The van der Waals surface area contributed by atoms with Crippen LogP contribution in [0, 0.1) is 4.77 Å². The molecule has 0 aliphatic carbocycles. The Morgan fingerprint density at radius 3 is 2.50 bits per heavy atom. The fourth-order valence-corrected chi connectivity index (χ4v) is 3.53. The number of anilines is 1. The number of rotatable bonds is 7. The van der Waals surface area contributed by atoms with Crippen molar-refractivity contribution in [2.45, 2.75) is 12.5 Å². The highest BCUT2D eigenvalue weighted by molar-refractivity contribution is 7.71. The van der Waals surface area contributed by atoms with Gasteiger partial charge in [0, 0.05) is 33.9 Å². The van der Waals surface area contributed by atoms with Gasteiger partial charge in [0.05, 0.1) is 0 Å². The van der Waals surface area contributed by atoms with Crippen molar-refractivity contribution in [2.75, 3.05) is 33.6 Å². The number of hydrogen-bond acceptors (Lipinski definition) is 7. The van der Waals surface area contributed by atoms with Crippen LogP contribution in [0.5, 0.6) is 0 Å². The molecule has 0 aliphatic heterocycles. The molecule has 1 rings (SSSR count). The molecule has 4 N–H and O–H groups in total. The van der Waals surface area contributed by atoms with Crippen molar-refractivity contribution in [3.05, 3.63) is 4.77 Å². The molecule has 1 heterocycles. The molecule has 9 nitrogen and oxygen atoms in total.